The van der Waals surface area contributed by atoms with Gasteiger partial charge in [-0.2, -0.15) is 0 Å². The summed E-state index contributed by atoms with van der Waals surface area (Å²) in [7, 11) is 0. The molecule has 5 nitrogen and oxygen atoms in total. The number of nitrogen functional groups attached to an aromatic ring is 1. The largest absolute Gasteiger partial charge is 0.383 e. The SMILES string of the molecule is CCCOCCCn1c(C)c(C)c2c(N)nc(C)nc21. The highest BCUT2D eigenvalue weighted by Crippen LogP contribution is 2.27. The standard InChI is InChI=1S/C15H24N4O/c1-5-8-20-9-6-7-19-11(3)10(2)13-14(16)17-12(4)18-15(13)19/h5-9H2,1-4H3,(H2,16,17,18). The second-order valence-electron chi connectivity index (χ2n) is 5.18. The average molecular weight is 276 g/mol. The molecule has 0 radical (unpaired) electrons. The van der Waals surface area contributed by atoms with E-state index in [4.69, 9.17) is 10.5 Å². The lowest BCUT2D eigenvalue weighted by Crippen LogP contribution is -2.06. The number of nitrogens with two attached hydrogens (primary N) is 1. The van der Waals surface area contributed by atoms with Crippen LogP contribution in [0.15, 0.2) is 0 Å². The van der Waals surface area contributed by atoms with E-state index in [0.717, 1.165) is 49.5 Å². The van der Waals surface area contributed by atoms with Crippen molar-refractivity contribution in [2.24, 2.45) is 0 Å². The lowest BCUT2D eigenvalue weighted by molar-refractivity contribution is 0.129. The molecule has 110 valence electrons. The van der Waals surface area contributed by atoms with E-state index in [-0.39, 0.29) is 0 Å². The molecular formula is C15H24N4O. The maximum atomic E-state index is 6.05. The fourth-order valence-electron chi connectivity index (χ4n) is 2.52. The molecule has 2 aromatic heterocycles. The van der Waals surface area contributed by atoms with Crippen LogP contribution >= 0.6 is 0 Å². The molecule has 0 bridgehead atoms. The van der Waals surface area contributed by atoms with Gasteiger partial charge in [0.25, 0.3) is 0 Å². The number of ether oxygens (including phenoxy) is 1. The molecule has 0 unspecified atom stereocenters. The molecule has 2 heterocycles. The predicted molar refractivity (Wildman–Crippen MR) is 81.9 cm³/mol. The number of aryl methyl sites for hydroxylation is 3. The Kier molecular flexibility index (Phi) is 4.60. The highest BCUT2D eigenvalue weighted by molar-refractivity contribution is 5.91. The van der Waals surface area contributed by atoms with E-state index in [1.807, 2.05) is 6.92 Å². The van der Waals surface area contributed by atoms with Crippen LogP contribution in [0.1, 0.15) is 36.8 Å². The highest BCUT2D eigenvalue weighted by atomic mass is 16.5. The first-order valence-corrected chi connectivity index (χ1v) is 7.23. The summed E-state index contributed by atoms with van der Waals surface area (Å²) in [5, 5.41) is 0.988. The molecule has 0 aliphatic rings. The van der Waals surface area contributed by atoms with Crippen LogP contribution in [0.5, 0.6) is 0 Å². The molecule has 5 heteroatoms. The Balaban J connectivity index is 2.26. The van der Waals surface area contributed by atoms with Crippen LogP contribution < -0.4 is 5.73 Å². The predicted octanol–water partition coefficient (Wildman–Crippen LogP) is 2.76. The maximum Gasteiger partial charge on any atom is 0.146 e. The van der Waals surface area contributed by atoms with Gasteiger partial charge in [0.15, 0.2) is 0 Å². The molecule has 0 aliphatic heterocycles. The Morgan fingerprint density at radius 1 is 1.15 bits per heavy atom. The van der Waals surface area contributed by atoms with E-state index in [9.17, 15) is 0 Å². The Bertz CT molecular complexity index is 604. The number of nitrogens with zero attached hydrogens (tertiary/aromatic N) is 3. The van der Waals surface area contributed by atoms with Crippen molar-refractivity contribution in [3.63, 3.8) is 0 Å². The van der Waals surface area contributed by atoms with Crippen LogP contribution in [0.4, 0.5) is 5.82 Å². The van der Waals surface area contributed by atoms with Gasteiger partial charge in [-0.15, -0.1) is 0 Å². The fraction of sp³-hybridized carbons (Fsp3) is 0.600. The van der Waals surface area contributed by atoms with Crippen molar-refractivity contribution >= 4 is 16.9 Å². The number of hydrogen-bond acceptors (Lipinski definition) is 4. The van der Waals surface area contributed by atoms with Crippen molar-refractivity contribution in [1.82, 2.24) is 14.5 Å². The molecule has 0 atom stereocenters. The average Bonchev–Trinajstić information content (AvgIpc) is 2.63. The van der Waals surface area contributed by atoms with E-state index in [1.165, 1.54) is 11.3 Å². The first-order chi connectivity index (χ1) is 9.56. The second-order valence-corrected chi connectivity index (χ2v) is 5.18. The molecule has 2 aromatic rings. The molecule has 0 saturated heterocycles. The smallest absolute Gasteiger partial charge is 0.146 e. The van der Waals surface area contributed by atoms with Gasteiger partial charge in [-0.3, -0.25) is 0 Å². The van der Waals surface area contributed by atoms with Gasteiger partial charge in [0.1, 0.15) is 17.3 Å². The lowest BCUT2D eigenvalue weighted by atomic mass is 10.2. The molecule has 0 aliphatic carbocycles. The van der Waals surface area contributed by atoms with Gasteiger partial charge in [0, 0.05) is 25.5 Å². The van der Waals surface area contributed by atoms with Gasteiger partial charge >= 0.3 is 0 Å². The van der Waals surface area contributed by atoms with Crippen molar-refractivity contribution in [3.05, 3.63) is 17.1 Å². The molecule has 0 spiro atoms. The minimum absolute atomic E-state index is 0.578. The van der Waals surface area contributed by atoms with Crippen LogP contribution in [0.3, 0.4) is 0 Å². The van der Waals surface area contributed by atoms with Crippen LogP contribution in [-0.4, -0.2) is 27.7 Å². The summed E-state index contributed by atoms with van der Waals surface area (Å²) in [6, 6.07) is 0. The Morgan fingerprint density at radius 3 is 2.60 bits per heavy atom. The molecular weight excluding hydrogens is 252 g/mol. The van der Waals surface area contributed by atoms with Gasteiger partial charge in [-0.05, 0) is 39.2 Å². The van der Waals surface area contributed by atoms with Crippen LogP contribution in [0.2, 0.25) is 0 Å². The summed E-state index contributed by atoms with van der Waals surface area (Å²) in [6.07, 6.45) is 2.04. The monoisotopic (exact) mass is 276 g/mol. The first-order valence-electron chi connectivity index (χ1n) is 7.23. The highest BCUT2D eigenvalue weighted by Gasteiger charge is 2.15. The fourth-order valence-corrected chi connectivity index (χ4v) is 2.52. The van der Waals surface area contributed by atoms with Crippen LogP contribution in [0, 0.1) is 20.8 Å². The van der Waals surface area contributed by atoms with Crippen molar-refractivity contribution < 1.29 is 4.74 Å². The summed E-state index contributed by atoms with van der Waals surface area (Å²) < 4.78 is 7.77. The number of hydrogen-bond donors (Lipinski definition) is 1. The van der Waals surface area contributed by atoms with E-state index in [1.54, 1.807) is 0 Å². The van der Waals surface area contributed by atoms with Crippen LogP contribution in [-0.2, 0) is 11.3 Å². The maximum absolute atomic E-state index is 6.05. The summed E-state index contributed by atoms with van der Waals surface area (Å²) in [5.74, 6) is 1.30. The molecule has 2 N–H and O–H groups in total. The third-order valence-corrected chi connectivity index (χ3v) is 3.63. The molecule has 0 saturated carbocycles. The number of rotatable bonds is 6. The summed E-state index contributed by atoms with van der Waals surface area (Å²) in [4.78, 5) is 8.83. The minimum atomic E-state index is 0.578. The van der Waals surface area contributed by atoms with E-state index in [0.29, 0.717) is 5.82 Å². The van der Waals surface area contributed by atoms with Gasteiger partial charge in [-0.25, -0.2) is 9.97 Å². The molecule has 0 amide bonds. The van der Waals surface area contributed by atoms with Gasteiger partial charge in [-0.1, -0.05) is 6.92 Å². The molecule has 0 fully saturated rings. The molecule has 2 rings (SSSR count). The Hall–Kier alpha value is -1.62. The summed E-state index contributed by atoms with van der Waals surface area (Å²) in [6.45, 7) is 10.7. The first kappa shape index (κ1) is 14.8. The molecule has 0 aromatic carbocycles. The van der Waals surface area contributed by atoms with Gasteiger partial charge in [0.05, 0.1) is 5.39 Å². The quantitative estimate of drug-likeness (QED) is 0.824. The third-order valence-electron chi connectivity index (χ3n) is 3.63. The van der Waals surface area contributed by atoms with Crippen molar-refractivity contribution in [1.29, 1.82) is 0 Å². The van der Waals surface area contributed by atoms with Gasteiger partial charge in [0.2, 0.25) is 0 Å². The van der Waals surface area contributed by atoms with E-state index >= 15 is 0 Å². The van der Waals surface area contributed by atoms with E-state index < -0.39 is 0 Å². The summed E-state index contributed by atoms with van der Waals surface area (Å²) >= 11 is 0. The second kappa shape index (κ2) is 6.22. The normalized spacial score (nSPS) is 11.4. The Morgan fingerprint density at radius 2 is 1.90 bits per heavy atom. The number of aromatic nitrogens is 3. The summed E-state index contributed by atoms with van der Waals surface area (Å²) in [5.41, 5.74) is 9.37. The zero-order chi connectivity index (χ0) is 14.7. The number of anilines is 1. The zero-order valence-electron chi connectivity index (χ0n) is 12.9. The number of fused-ring (bicyclic) bond motifs is 1. The Labute approximate surface area is 120 Å². The zero-order valence-corrected chi connectivity index (χ0v) is 12.9. The van der Waals surface area contributed by atoms with Crippen LogP contribution in [0.25, 0.3) is 11.0 Å². The third kappa shape index (κ3) is 2.77. The molecule has 20 heavy (non-hydrogen) atoms. The van der Waals surface area contributed by atoms with E-state index in [2.05, 4.69) is 35.3 Å². The topological polar surface area (TPSA) is 66.0 Å². The lowest BCUT2D eigenvalue weighted by Gasteiger charge is -2.08. The van der Waals surface area contributed by atoms with Gasteiger partial charge < -0.3 is 15.0 Å². The van der Waals surface area contributed by atoms with Crippen molar-refractivity contribution in [3.8, 4) is 0 Å². The van der Waals surface area contributed by atoms with Crippen molar-refractivity contribution in [2.75, 3.05) is 18.9 Å². The van der Waals surface area contributed by atoms with Crippen molar-refractivity contribution in [2.45, 2.75) is 47.1 Å². The minimum Gasteiger partial charge on any atom is -0.383 e.